The second-order valence-electron chi connectivity index (χ2n) is 8.22. The Bertz CT molecular complexity index is 1240. The molecule has 144 valence electrons. The number of rotatable bonds is 2. The lowest BCUT2D eigenvalue weighted by Gasteiger charge is -2.31. The predicted octanol–water partition coefficient (Wildman–Crippen LogP) is 5.09. The van der Waals surface area contributed by atoms with Crippen molar-refractivity contribution in [1.82, 2.24) is 4.57 Å². The van der Waals surface area contributed by atoms with Crippen LogP contribution in [0, 0.1) is 0 Å². The summed E-state index contributed by atoms with van der Waals surface area (Å²) in [6.07, 6.45) is 6.56. The van der Waals surface area contributed by atoms with Crippen molar-refractivity contribution in [2.75, 3.05) is 0 Å². The molecule has 4 heteroatoms. The van der Waals surface area contributed by atoms with Crippen LogP contribution >= 0.6 is 0 Å². The van der Waals surface area contributed by atoms with Crippen LogP contribution in [0.4, 0.5) is 0 Å². The third kappa shape index (κ3) is 2.71. The number of ether oxygens (including phenoxy) is 1. The van der Waals surface area contributed by atoms with Crippen molar-refractivity contribution in [2.24, 2.45) is 7.05 Å². The fourth-order valence-electron chi connectivity index (χ4n) is 3.90. The molecule has 2 heterocycles. The lowest BCUT2D eigenvalue weighted by atomic mass is 9.93. The van der Waals surface area contributed by atoms with E-state index in [1.165, 1.54) is 0 Å². The van der Waals surface area contributed by atoms with Crippen LogP contribution in [0.5, 0.6) is 11.5 Å². The Morgan fingerprint density at radius 1 is 1.25 bits per heavy atom. The number of phenols is 1. The minimum atomic E-state index is -0.484. The highest BCUT2D eigenvalue weighted by atomic mass is 16.5. The number of aromatic hydroxyl groups is 1. The van der Waals surface area contributed by atoms with Gasteiger partial charge in [0.2, 0.25) is 5.43 Å². The Kier molecular flexibility index (Phi) is 4.11. The average Bonchev–Trinajstić information content (AvgIpc) is 2.64. The van der Waals surface area contributed by atoms with E-state index in [1.807, 2.05) is 75.7 Å². The molecule has 0 bridgehead atoms. The molecule has 3 aromatic rings. The molecule has 0 saturated carbocycles. The molecule has 0 atom stereocenters. The first-order valence-electron chi connectivity index (χ1n) is 9.52. The van der Waals surface area contributed by atoms with Crippen molar-refractivity contribution in [3.63, 3.8) is 0 Å². The number of allylic oxidation sites excluding steroid dienone is 2. The number of hydrogen-bond donors (Lipinski definition) is 1. The van der Waals surface area contributed by atoms with E-state index in [0.29, 0.717) is 34.0 Å². The van der Waals surface area contributed by atoms with Gasteiger partial charge < -0.3 is 14.4 Å². The number of aromatic nitrogens is 1. The monoisotopic (exact) mass is 375 g/mol. The van der Waals surface area contributed by atoms with Crippen molar-refractivity contribution in [1.29, 1.82) is 0 Å². The molecule has 4 rings (SSSR count). The van der Waals surface area contributed by atoms with E-state index < -0.39 is 5.60 Å². The number of para-hydroxylation sites is 1. The van der Waals surface area contributed by atoms with Gasteiger partial charge in [-0.05, 0) is 58.4 Å². The number of phenolic OH excluding ortho intramolecular Hbond substituents is 1. The molecule has 0 aliphatic carbocycles. The molecule has 0 radical (unpaired) electrons. The second kappa shape index (κ2) is 6.26. The van der Waals surface area contributed by atoms with Gasteiger partial charge in [-0.15, -0.1) is 0 Å². The van der Waals surface area contributed by atoms with Crippen LogP contribution < -0.4 is 10.2 Å². The van der Waals surface area contributed by atoms with E-state index in [9.17, 15) is 9.90 Å². The van der Waals surface area contributed by atoms with Gasteiger partial charge >= 0.3 is 0 Å². The third-order valence-electron chi connectivity index (χ3n) is 5.34. The summed E-state index contributed by atoms with van der Waals surface area (Å²) in [6, 6.07) is 7.49. The Morgan fingerprint density at radius 2 is 1.96 bits per heavy atom. The van der Waals surface area contributed by atoms with Gasteiger partial charge in [-0.3, -0.25) is 4.79 Å². The number of aryl methyl sites for hydroxylation is 1. The topological polar surface area (TPSA) is 51.5 Å². The van der Waals surface area contributed by atoms with Gasteiger partial charge in [0.05, 0.1) is 16.4 Å². The number of nitrogens with zero attached hydrogens (tertiary/aromatic N) is 1. The number of fused-ring (bicyclic) bond motifs is 4. The molecule has 2 aromatic carbocycles. The van der Waals surface area contributed by atoms with Gasteiger partial charge in [0.1, 0.15) is 17.1 Å². The normalized spacial score (nSPS) is 14.8. The summed E-state index contributed by atoms with van der Waals surface area (Å²) >= 11 is 0. The summed E-state index contributed by atoms with van der Waals surface area (Å²) < 4.78 is 8.26. The van der Waals surface area contributed by atoms with Crippen LogP contribution in [0.15, 0.2) is 46.8 Å². The largest absolute Gasteiger partial charge is 0.507 e. The first kappa shape index (κ1) is 18.4. The molecule has 0 unspecified atom stereocenters. The van der Waals surface area contributed by atoms with E-state index >= 15 is 0 Å². The van der Waals surface area contributed by atoms with Crippen molar-refractivity contribution in [3.8, 4) is 11.5 Å². The minimum absolute atomic E-state index is 0.0173. The molecule has 0 amide bonds. The van der Waals surface area contributed by atoms with E-state index in [1.54, 1.807) is 6.07 Å². The second-order valence-corrected chi connectivity index (χ2v) is 8.22. The Hall–Kier alpha value is -3.01. The van der Waals surface area contributed by atoms with Crippen LogP contribution in [0.3, 0.4) is 0 Å². The smallest absolute Gasteiger partial charge is 0.200 e. The summed E-state index contributed by atoms with van der Waals surface area (Å²) in [7, 11) is 1.92. The Balaban J connectivity index is 2.23. The molecule has 1 aliphatic rings. The van der Waals surface area contributed by atoms with Crippen molar-refractivity contribution < 1.29 is 9.84 Å². The van der Waals surface area contributed by atoms with E-state index in [2.05, 4.69) is 0 Å². The number of pyridine rings is 1. The summed E-state index contributed by atoms with van der Waals surface area (Å²) in [5, 5.41) is 12.2. The summed E-state index contributed by atoms with van der Waals surface area (Å²) in [5.41, 5.74) is 3.54. The maximum atomic E-state index is 13.3. The van der Waals surface area contributed by atoms with Crippen molar-refractivity contribution in [3.05, 3.63) is 63.3 Å². The molecule has 0 fully saturated rings. The molecule has 28 heavy (non-hydrogen) atoms. The van der Waals surface area contributed by atoms with Gasteiger partial charge in [-0.25, -0.2) is 0 Å². The van der Waals surface area contributed by atoms with Gasteiger partial charge in [0.15, 0.2) is 0 Å². The highest BCUT2D eigenvalue weighted by Gasteiger charge is 2.30. The lowest BCUT2D eigenvalue weighted by molar-refractivity contribution is 0.157. The molecule has 0 saturated heterocycles. The SMILES string of the molecule is CC(C)=CCc1c2c(c3c(c1O)c(=O)c1ccccc1n3C)C=CC(C)(C)O2. The van der Waals surface area contributed by atoms with E-state index in [-0.39, 0.29) is 11.2 Å². The molecular weight excluding hydrogens is 350 g/mol. The fourth-order valence-corrected chi connectivity index (χ4v) is 3.90. The molecule has 1 aliphatic heterocycles. The zero-order valence-corrected chi connectivity index (χ0v) is 17.0. The summed E-state index contributed by atoms with van der Waals surface area (Å²) in [6.45, 7) is 8.00. The minimum Gasteiger partial charge on any atom is -0.507 e. The van der Waals surface area contributed by atoms with Crippen LogP contribution in [0.1, 0.15) is 38.8 Å². The third-order valence-corrected chi connectivity index (χ3v) is 5.34. The van der Waals surface area contributed by atoms with Crippen molar-refractivity contribution in [2.45, 2.75) is 39.7 Å². The lowest BCUT2D eigenvalue weighted by Crippen LogP contribution is -2.29. The van der Waals surface area contributed by atoms with Crippen LogP contribution in [-0.2, 0) is 13.5 Å². The fraction of sp³-hybridized carbons (Fsp3) is 0.292. The van der Waals surface area contributed by atoms with Crippen LogP contribution in [0.2, 0.25) is 0 Å². The van der Waals surface area contributed by atoms with Gasteiger partial charge in [0.25, 0.3) is 0 Å². The highest BCUT2D eigenvalue weighted by Crippen LogP contribution is 2.44. The average molecular weight is 375 g/mol. The molecule has 1 aromatic heterocycles. The molecular formula is C24H25NO3. The maximum absolute atomic E-state index is 13.3. The summed E-state index contributed by atoms with van der Waals surface area (Å²) in [5.74, 6) is 0.670. The highest BCUT2D eigenvalue weighted by molar-refractivity contribution is 6.03. The predicted molar refractivity (Wildman–Crippen MR) is 115 cm³/mol. The van der Waals surface area contributed by atoms with Crippen molar-refractivity contribution >= 4 is 27.9 Å². The molecule has 4 nitrogen and oxygen atoms in total. The maximum Gasteiger partial charge on any atom is 0.200 e. The Labute approximate surface area is 164 Å². The summed E-state index contributed by atoms with van der Waals surface area (Å²) in [4.78, 5) is 13.3. The first-order valence-corrected chi connectivity index (χ1v) is 9.52. The Morgan fingerprint density at radius 3 is 2.68 bits per heavy atom. The van der Waals surface area contributed by atoms with Crippen LogP contribution in [-0.4, -0.2) is 15.3 Å². The zero-order valence-electron chi connectivity index (χ0n) is 17.0. The van der Waals surface area contributed by atoms with Gasteiger partial charge in [-0.2, -0.15) is 0 Å². The van der Waals surface area contributed by atoms with E-state index in [4.69, 9.17) is 4.74 Å². The van der Waals surface area contributed by atoms with Crippen LogP contribution in [0.25, 0.3) is 27.9 Å². The number of benzene rings is 2. The first-order chi connectivity index (χ1) is 13.2. The van der Waals surface area contributed by atoms with E-state index in [0.717, 1.165) is 16.7 Å². The molecule has 1 N–H and O–H groups in total. The quantitative estimate of drug-likeness (QED) is 0.501. The molecule has 0 spiro atoms. The number of hydrogen-bond acceptors (Lipinski definition) is 3. The van der Waals surface area contributed by atoms with Gasteiger partial charge in [0, 0.05) is 23.6 Å². The zero-order chi connectivity index (χ0) is 20.2. The van der Waals surface area contributed by atoms with Gasteiger partial charge in [-0.1, -0.05) is 23.8 Å². The standard InChI is InChI=1S/C24H25NO3/c1-14(2)10-11-17-22(27)19-20(16-12-13-24(3,4)28-23(16)17)25(5)18-9-7-6-8-15(18)21(19)26/h6-10,12-13,27H,11H2,1-5H3.